The van der Waals surface area contributed by atoms with E-state index in [0.717, 1.165) is 48.9 Å². The highest BCUT2D eigenvalue weighted by molar-refractivity contribution is 7.92. The summed E-state index contributed by atoms with van der Waals surface area (Å²) in [6.07, 6.45) is 2.79. The summed E-state index contributed by atoms with van der Waals surface area (Å²) in [6.45, 7) is 10.8. The minimum absolute atomic E-state index is 0.131. The number of nitrogen functional groups attached to an aromatic ring is 1. The molecule has 5 rings (SSSR count). The van der Waals surface area contributed by atoms with Crippen molar-refractivity contribution in [2.45, 2.75) is 32.7 Å². The Hall–Kier alpha value is -4.40. The molecular weight excluding hydrogens is 610 g/mol. The van der Waals surface area contributed by atoms with Crippen LogP contribution in [0.5, 0.6) is 17.4 Å². The molecule has 0 radical (unpaired) electrons. The summed E-state index contributed by atoms with van der Waals surface area (Å²) in [4.78, 5) is 25.0. The van der Waals surface area contributed by atoms with Crippen molar-refractivity contribution in [3.63, 3.8) is 0 Å². The molecule has 4 aromatic rings. The quantitative estimate of drug-likeness (QED) is 0.234. The number of piperazine rings is 1. The SMILES string of the molecule is CN1CCN(Cc2nccc(Oc3cccc4cc(C(=O)O)n(C)c34)n2)CC1.COc1c(N)cc(C(C)(C)C)cc1NS(C)(=O)=O. The van der Waals surface area contributed by atoms with Crippen molar-refractivity contribution in [2.24, 2.45) is 7.05 Å². The predicted octanol–water partition coefficient (Wildman–Crippen LogP) is 4.15. The van der Waals surface area contributed by atoms with Crippen molar-refractivity contribution in [2.75, 3.05) is 57.0 Å². The van der Waals surface area contributed by atoms with Crippen LogP contribution < -0.4 is 19.9 Å². The van der Waals surface area contributed by atoms with Gasteiger partial charge >= 0.3 is 5.97 Å². The van der Waals surface area contributed by atoms with Gasteiger partial charge in [0, 0.05) is 50.9 Å². The van der Waals surface area contributed by atoms with Crippen LogP contribution in [0.15, 0.2) is 48.7 Å². The second-order valence-electron chi connectivity index (χ2n) is 12.4. The van der Waals surface area contributed by atoms with Gasteiger partial charge in [0.05, 0.1) is 36.8 Å². The average Bonchev–Trinajstić information content (AvgIpc) is 3.31. The summed E-state index contributed by atoms with van der Waals surface area (Å²) in [7, 11) is 1.93. The minimum atomic E-state index is -3.37. The lowest BCUT2D eigenvalue weighted by atomic mass is 9.86. The number of hydrogen-bond acceptors (Lipinski definition) is 10. The van der Waals surface area contributed by atoms with Crippen LogP contribution in [0.25, 0.3) is 10.9 Å². The van der Waals surface area contributed by atoms with Crippen LogP contribution in [0.4, 0.5) is 11.4 Å². The molecule has 1 fully saturated rings. The van der Waals surface area contributed by atoms with Crippen LogP contribution in [0.2, 0.25) is 0 Å². The molecule has 1 saturated heterocycles. The number of carboxylic acids is 1. The fourth-order valence-corrected chi connectivity index (χ4v) is 5.64. The maximum Gasteiger partial charge on any atom is 0.352 e. The van der Waals surface area contributed by atoms with Gasteiger partial charge in [-0.15, -0.1) is 0 Å². The van der Waals surface area contributed by atoms with E-state index >= 15 is 0 Å². The number of sulfonamides is 1. The van der Waals surface area contributed by atoms with Crippen LogP contribution in [-0.4, -0.2) is 90.4 Å². The number of aryl methyl sites for hydroxylation is 1. The largest absolute Gasteiger partial charge is 0.492 e. The van der Waals surface area contributed by atoms with Gasteiger partial charge in [-0.25, -0.2) is 18.2 Å². The minimum Gasteiger partial charge on any atom is -0.492 e. The number of carboxylic acid groups (broad SMARTS) is 1. The van der Waals surface area contributed by atoms with E-state index in [4.69, 9.17) is 15.2 Å². The number of likely N-dealkylation sites (N-methyl/N-ethyl adjacent to an activating group) is 1. The molecule has 46 heavy (non-hydrogen) atoms. The van der Waals surface area contributed by atoms with E-state index in [9.17, 15) is 18.3 Å². The summed E-state index contributed by atoms with van der Waals surface area (Å²) < 4.78 is 37.9. The van der Waals surface area contributed by atoms with E-state index in [1.165, 1.54) is 7.11 Å². The Balaban J connectivity index is 0.000000232. The molecule has 0 bridgehead atoms. The molecule has 0 spiro atoms. The van der Waals surface area contributed by atoms with Gasteiger partial charge in [0.1, 0.15) is 11.5 Å². The normalized spacial score (nSPS) is 14.4. The Kier molecular flexibility index (Phi) is 10.4. The highest BCUT2D eigenvalue weighted by Crippen LogP contribution is 2.37. The zero-order chi connectivity index (χ0) is 33.8. The standard InChI is InChI=1S/C20H23N5O3.C12H20N2O3S/c1-23-8-10-25(11-9-23)13-17-21-7-6-18(22-17)28-16-5-3-4-14-12-15(20(26)27)24(2)19(14)16;1-12(2,3)8-6-9(13)11(17-4)10(7-8)14-18(5,15)16/h3-7,12H,8-11,13H2,1-2H3,(H,26,27);6-7,14H,13H2,1-5H3. The number of ether oxygens (including phenoxy) is 2. The number of nitrogens with zero attached hydrogens (tertiary/aromatic N) is 5. The van der Waals surface area contributed by atoms with Crippen LogP contribution in [-0.2, 0) is 29.0 Å². The number of benzene rings is 2. The third-order valence-electron chi connectivity index (χ3n) is 7.58. The molecule has 13 nitrogen and oxygen atoms in total. The molecule has 4 N–H and O–H groups in total. The summed E-state index contributed by atoms with van der Waals surface area (Å²) in [5, 5.41) is 10.2. The Bertz CT molecular complexity index is 1810. The van der Waals surface area contributed by atoms with E-state index in [-0.39, 0.29) is 11.1 Å². The molecule has 1 aliphatic heterocycles. The first kappa shape index (κ1) is 34.5. The summed E-state index contributed by atoms with van der Waals surface area (Å²) in [5.74, 6) is 1.10. The van der Waals surface area contributed by atoms with Gasteiger partial charge in [0.2, 0.25) is 15.9 Å². The van der Waals surface area contributed by atoms with E-state index < -0.39 is 16.0 Å². The van der Waals surface area contributed by atoms with Gasteiger partial charge in [0.15, 0.2) is 11.5 Å². The lowest BCUT2D eigenvalue weighted by molar-refractivity contribution is 0.0687. The zero-order valence-electron chi connectivity index (χ0n) is 27.4. The molecule has 14 heteroatoms. The second-order valence-corrected chi connectivity index (χ2v) is 14.1. The molecule has 248 valence electrons. The summed E-state index contributed by atoms with van der Waals surface area (Å²) >= 11 is 0. The average molecular weight is 654 g/mol. The maximum atomic E-state index is 11.4. The van der Waals surface area contributed by atoms with Gasteiger partial charge in [-0.05, 0) is 42.3 Å². The Morgan fingerprint density at radius 2 is 1.78 bits per heavy atom. The molecule has 0 atom stereocenters. The lowest BCUT2D eigenvalue weighted by Gasteiger charge is -2.31. The van der Waals surface area contributed by atoms with Crippen LogP contribution >= 0.6 is 0 Å². The van der Waals surface area contributed by atoms with Crippen molar-refractivity contribution in [1.29, 1.82) is 0 Å². The fraction of sp³-hybridized carbons (Fsp3) is 0.406. The number of para-hydroxylation sites is 1. The second kappa shape index (κ2) is 13.9. The summed E-state index contributed by atoms with van der Waals surface area (Å²) in [6, 6.07) is 12.4. The number of methoxy groups -OCH3 is 1. The summed E-state index contributed by atoms with van der Waals surface area (Å²) in [5.41, 5.74) is 8.41. The van der Waals surface area contributed by atoms with Crippen molar-refractivity contribution in [1.82, 2.24) is 24.3 Å². The first-order chi connectivity index (χ1) is 21.6. The smallest absolute Gasteiger partial charge is 0.352 e. The highest BCUT2D eigenvalue weighted by atomic mass is 32.2. The number of carbonyl (C=O) groups is 1. The number of rotatable bonds is 8. The van der Waals surface area contributed by atoms with Gasteiger partial charge in [-0.3, -0.25) is 9.62 Å². The molecule has 0 aliphatic carbocycles. The Morgan fingerprint density at radius 3 is 2.39 bits per heavy atom. The van der Waals surface area contributed by atoms with Crippen LogP contribution in [0, 0.1) is 0 Å². The molecule has 0 saturated carbocycles. The van der Waals surface area contributed by atoms with Gasteiger partial charge in [-0.2, -0.15) is 4.98 Å². The zero-order valence-corrected chi connectivity index (χ0v) is 28.2. The number of aromatic nitrogens is 3. The van der Waals surface area contributed by atoms with Crippen LogP contribution in [0.1, 0.15) is 42.6 Å². The lowest BCUT2D eigenvalue weighted by Crippen LogP contribution is -2.44. The molecule has 2 aromatic heterocycles. The molecule has 0 unspecified atom stereocenters. The number of aromatic carboxylic acids is 1. The number of nitrogens with one attached hydrogen (secondary N) is 1. The maximum absolute atomic E-state index is 11.4. The van der Waals surface area contributed by atoms with E-state index in [1.807, 2.05) is 39.0 Å². The molecule has 3 heterocycles. The van der Waals surface area contributed by atoms with Crippen molar-refractivity contribution < 1.29 is 27.8 Å². The molecule has 0 amide bonds. The van der Waals surface area contributed by atoms with E-state index in [0.29, 0.717) is 41.1 Å². The van der Waals surface area contributed by atoms with Gasteiger partial charge in [-0.1, -0.05) is 32.9 Å². The van der Waals surface area contributed by atoms with Crippen molar-refractivity contribution in [3.8, 4) is 17.4 Å². The van der Waals surface area contributed by atoms with Gasteiger partial charge in [0.25, 0.3) is 0 Å². The number of anilines is 2. The Morgan fingerprint density at radius 1 is 1.09 bits per heavy atom. The topological polar surface area (TPSA) is 165 Å². The molecule has 1 aliphatic rings. The molecule has 2 aromatic carbocycles. The number of fused-ring (bicyclic) bond motifs is 1. The first-order valence-electron chi connectivity index (χ1n) is 14.7. The van der Waals surface area contributed by atoms with Crippen LogP contribution in [0.3, 0.4) is 0 Å². The van der Waals surface area contributed by atoms with E-state index in [2.05, 4.69) is 31.5 Å². The van der Waals surface area contributed by atoms with Crippen molar-refractivity contribution >= 4 is 38.3 Å². The number of hydrogen-bond donors (Lipinski definition) is 3. The number of nitrogens with two attached hydrogens (primary N) is 1. The molecular formula is C32H43N7O6S. The highest BCUT2D eigenvalue weighted by Gasteiger charge is 2.20. The predicted molar refractivity (Wildman–Crippen MR) is 179 cm³/mol. The fourth-order valence-electron chi connectivity index (χ4n) is 5.09. The van der Waals surface area contributed by atoms with Crippen molar-refractivity contribution in [3.05, 3.63) is 65.7 Å². The monoisotopic (exact) mass is 653 g/mol. The van der Waals surface area contributed by atoms with E-state index in [1.54, 1.807) is 42.1 Å². The first-order valence-corrected chi connectivity index (χ1v) is 16.6. The van der Waals surface area contributed by atoms with Gasteiger partial charge < -0.3 is 29.8 Å². The Labute approximate surface area is 270 Å². The third kappa shape index (κ3) is 8.65. The third-order valence-corrected chi connectivity index (χ3v) is 8.17.